The van der Waals surface area contributed by atoms with Crippen molar-refractivity contribution < 1.29 is 9.47 Å². The average molecular weight is 262 g/mol. The lowest BCUT2D eigenvalue weighted by Crippen LogP contribution is -2.07. The Hall–Kier alpha value is -2.77. The largest absolute Gasteiger partial charge is 0.497 e. The van der Waals surface area contributed by atoms with E-state index in [9.17, 15) is 0 Å². The molecular formula is C11H14N6O2. The highest BCUT2D eigenvalue weighted by Crippen LogP contribution is 2.30. The molecule has 1 aromatic carbocycles. The predicted molar refractivity (Wildman–Crippen MR) is 71.5 cm³/mol. The summed E-state index contributed by atoms with van der Waals surface area (Å²) in [6, 6.07) is 5.28. The van der Waals surface area contributed by atoms with Gasteiger partial charge in [-0.25, -0.2) is 0 Å². The Morgan fingerprint density at radius 2 is 1.68 bits per heavy atom. The molecule has 8 heteroatoms. The van der Waals surface area contributed by atoms with Crippen LogP contribution in [0.2, 0.25) is 0 Å². The molecule has 100 valence electrons. The van der Waals surface area contributed by atoms with Crippen molar-refractivity contribution in [1.82, 2.24) is 15.0 Å². The zero-order chi connectivity index (χ0) is 13.8. The first-order chi connectivity index (χ1) is 9.12. The fourth-order valence-electron chi connectivity index (χ4n) is 1.50. The number of hydrogen-bond acceptors (Lipinski definition) is 8. The van der Waals surface area contributed by atoms with Crippen molar-refractivity contribution in [3.63, 3.8) is 0 Å². The lowest BCUT2D eigenvalue weighted by molar-refractivity contribution is 0.405. The molecule has 2 aromatic rings. The molecule has 0 aliphatic rings. The van der Waals surface area contributed by atoms with Crippen LogP contribution >= 0.6 is 0 Å². The van der Waals surface area contributed by atoms with Gasteiger partial charge in [0, 0.05) is 6.07 Å². The van der Waals surface area contributed by atoms with Crippen LogP contribution in [0.15, 0.2) is 18.2 Å². The van der Waals surface area contributed by atoms with Crippen molar-refractivity contribution in [3.8, 4) is 11.5 Å². The topological polar surface area (TPSA) is 121 Å². The Morgan fingerprint density at radius 3 is 2.26 bits per heavy atom. The molecule has 0 fully saturated rings. The van der Waals surface area contributed by atoms with Gasteiger partial charge in [-0.3, -0.25) is 0 Å². The zero-order valence-electron chi connectivity index (χ0n) is 10.5. The molecule has 0 spiro atoms. The smallest absolute Gasteiger partial charge is 0.233 e. The quantitative estimate of drug-likeness (QED) is 0.739. The molecule has 0 bridgehead atoms. The summed E-state index contributed by atoms with van der Waals surface area (Å²) in [5.74, 6) is 1.59. The minimum absolute atomic E-state index is 0.0388. The van der Waals surface area contributed by atoms with Gasteiger partial charge in [-0.2, -0.15) is 15.0 Å². The van der Waals surface area contributed by atoms with E-state index in [2.05, 4.69) is 20.3 Å². The number of nitrogens with one attached hydrogen (secondary N) is 1. The fourth-order valence-corrected chi connectivity index (χ4v) is 1.50. The standard InChI is InChI=1S/C11H14N6O2/c1-18-6-3-4-8(19-2)7(5-6)14-11-16-9(12)15-10(13)17-11/h3-5H,1-2H3,(H5,12,13,14,15,16,17). The highest BCUT2D eigenvalue weighted by Gasteiger charge is 2.08. The van der Waals surface area contributed by atoms with E-state index in [1.165, 1.54) is 0 Å². The first-order valence-corrected chi connectivity index (χ1v) is 5.38. The third kappa shape index (κ3) is 2.92. The predicted octanol–water partition coefficient (Wildman–Crippen LogP) is 0.797. The summed E-state index contributed by atoms with van der Waals surface area (Å²) in [6.45, 7) is 0. The van der Waals surface area contributed by atoms with Gasteiger partial charge in [-0.1, -0.05) is 0 Å². The maximum Gasteiger partial charge on any atom is 0.233 e. The number of nitrogens with zero attached hydrogens (tertiary/aromatic N) is 3. The summed E-state index contributed by atoms with van der Waals surface area (Å²) in [7, 11) is 3.13. The lowest BCUT2D eigenvalue weighted by Gasteiger charge is -2.11. The van der Waals surface area contributed by atoms with E-state index >= 15 is 0 Å². The molecule has 1 aromatic heterocycles. The number of aromatic nitrogens is 3. The molecule has 0 atom stereocenters. The molecule has 1 heterocycles. The van der Waals surface area contributed by atoms with Crippen molar-refractivity contribution in [2.75, 3.05) is 31.0 Å². The van der Waals surface area contributed by atoms with Crippen LogP contribution in [0, 0.1) is 0 Å². The van der Waals surface area contributed by atoms with Crippen molar-refractivity contribution in [1.29, 1.82) is 0 Å². The number of nitrogens with two attached hydrogens (primary N) is 2. The first kappa shape index (κ1) is 12.7. The van der Waals surface area contributed by atoms with Gasteiger partial charge < -0.3 is 26.3 Å². The number of anilines is 4. The Morgan fingerprint density at radius 1 is 1.00 bits per heavy atom. The van der Waals surface area contributed by atoms with Crippen molar-refractivity contribution in [2.45, 2.75) is 0 Å². The third-order valence-corrected chi connectivity index (χ3v) is 2.32. The summed E-state index contributed by atoms with van der Waals surface area (Å²) >= 11 is 0. The molecule has 19 heavy (non-hydrogen) atoms. The van der Waals surface area contributed by atoms with Crippen LogP contribution in [0.3, 0.4) is 0 Å². The van der Waals surface area contributed by atoms with Gasteiger partial charge in [0.2, 0.25) is 17.8 Å². The van der Waals surface area contributed by atoms with Crippen LogP contribution in [0.1, 0.15) is 0 Å². The lowest BCUT2D eigenvalue weighted by atomic mass is 10.2. The summed E-state index contributed by atoms with van der Waals surface area (Å²) in [5.41, 5.74) is 11.6. The molecule has 0 amide bonds. The molecule has 2 rings (SSSR count). The minimum atomic E-state index is 0.0388. The second-order valence-corrected chi connectivity index (χ2v) is 3.57. The van der Waals surface area contributed by atoms with Crippen LogP contribution in [0.25, 0.3) is 0 Å². The van der Waals surface area contributed by atoms with Crippen LogP contribution in [0.4, 0.5) is 23.5 Å². The third-order valence-electron chi connectivity index (χ3n) is 2.32. The van der Waals surface area contributed by atoms with E-state index in [0.29, 0.717) is 17.2 Å². The van der Waals surface area contributed by atoms with Crippen LogP contribution in [0.5, 0.6) is 11.5 Å². The normalized spacial score (nSPS) is 10.0. The molecule has 0 saturated carbocycles. The summed E-state index contributed by atoms with van der Waals surface area (Å²) < 4.78 is 10.4. The SMILES string of the molecule is COc1ccc(OC)c(Nc2nc(N)nc(N)n2)c1. The molecule has 8 nitrogen and oxygen atoms in total. The second kappa shape index (κ2) is 5.25. The van der Waals surface area contributed by atoms with Gasteiger partial charge in [0.15, 0.2) is 0 Å². The number of nitrogen functional groups attached to an aromatic ring is 2. The highest BCUT2D eigenvalue weighted by atomic mass is 16.5. The van der Waals surface area contributed by atoms with Gasteiger partial charge >= 0.3 is 0 Å². The van der Waals surface area contributed by atoms with Crippen molar-refractivity contribution in [2.24, 2.45) is 0 Å². The van der Waals surface area contributed by atoms with Gasteiger partial charge in [0.25, 0.3) is 0 Å². The van der Waals surface area contributed by atoms with Gasteiger partial charge in [0.1, 0.15) is 11.5 Å². The van der Waals surface area contributed by atoms with E-state index in [-0.39, 0.29) is 17.8 Å². The molecule has 0 unspecified atom stereocenters. The molecular weight excluding hydrogens is 248 g/mol. The Kier molecular flexibility index (Phi) is 3.51. The van der Waals surface area contributed by atoms with Crippen LogP contribution in [-0.4, -0.2) is 29.2 Å². The second-order valence-electron chi connectivity index (χ2n) is 3.57. The van der Waals surface area contributed by atoms with Crippen LogP contribution in [-0.2, 0) is 0 Å². The van der Waals surface area contributed by atoms with E-state index in [1.54, 1.807) is 32.4 Å². The zero-order valence-corrected chi connectivity index (χ0v) is 10.5. The molecule has 0 radical (unpaired) electrons. The summed E-state index contributed by atoms with van der Waals surface area (Å²) in [4.78, 5) is 11.5. The van der Waals surface area contributed by atoms with E-state index < -0.39 is 0 Å². The number of rotatable bonds is 4. The maximum absolute atomic E-state index is 5.50. The van der Waals surface area contributed by atoms with Crippen LogP contribution < -0.4 is 26.3 Å². The number of methoxy groups -OCH3 is 2. The Bertz CT molecular complexity index is 569. The molecule has 0 aliphatic carbocycles. The first-order valence-electron chi connectivity index (χ1n) is 5.38. The minimum Gasteiger partial charge on any atom is -0.497 e. The highest BCUT2D eigenvalue weighted by molar-refractivity contribution is 5.65. The van der Waals surface area contributed by atoms with Gasteiger partial charge in [-0.05, 0) is 12.1 Å². The van der Waals surface area contributed by atoms with E-state index in [0.717, 1.165) is 0 Å². The summed E-state index contributed by atoms with van der Waals surface area (Å²) in [5, 5.41) is 2.95. The van der Waals surface area contributed by atoms with E-state index in [1.807, 2.05) is 0 Å². The molecule has 0 saturated heterocycles. The summed E-state index contributed by atoms with van der Waals surface area (Å²) in [6.07, 6.45) is 0. The number of benzene rings is 1. The number of hydrogen-bond donors (Lipinski definition) is 3. The Balaban J connectivity index is 2.35. The van der Waals surface area contributed by atoms with Gasteiger partial charge in [0.05, 0.1) is 19.9 Å². The molecule has 5 N–H and O–H groups in total. The van der Waals surface area contributed by atoms with E-state index in [4.69, 9.17) is 20.9 Å². The van der Waals surface area contributed by atoms with Crippen molar-refractivity contribution >= 4 is 23.5 Å². The number of ether oxygens (including phenoxy) is 2. The fraction of sp³-hybridized carbons (Fsp3) is 0.182. The maximum atomic E-state index is 5.50. The Labute approximate surface area is 109 Å². The van der Waals surface area contributed by atoms with Gasteiger partial charge in [-0.15, -0.1) is 0 Å². The monoisotopic (exact) mass is 262 g/mol. The average Bonchev–Trinajstić information content (AvgIpc) is 2.37. The molecule has 0 aliphatic heterocycles. The van der Waals surface area contributed by atoms with Crippen molar-refractivity contribution in [3.05, 3.63) is 18.2 Å².